The van der Waals surface area contributed by atoms with Crippen LogP contribution in [0.15, 0.2) is 42.6 Å². The van der Waals surface area contributed by atoms with E-state index in [-0.39, 0.29) is 0 Å². The quantitative estimate of drug-likeness (QED) is 0.831. The third-order valence-electron chi connectivity index (χ3n) is 5.49. The molecule has 4 rings (SSSR count). The fourth-order valence-electron chi connectivity index (χ4n) is 3.82. The number of ether oxygens (including phenoxy) is 1. The highest BCUT2D eigenvalue weighted by atomic mass is 16.5. The van der Waals surface area contributed by atoms with Gasteiger partial charge in [-0.05, 0) is 86.2 Å². The van der Waals surface area contributed by atoms with Gasteiger partial charge in [0.15, 0.2) is 0 Å². The van der Waals surface area contributed by atoms with E-state index in [1.54, 1.807) is 0 Å². The van der Waals surface area contributed by atoms with Gasteiger partial charge in [-0.15, -0.1) is 0 Å². The Morgan fingerprint density at radius 2 is 1.88 bits per heavy atom. The Morgan fingerprint density at radius 1 is 1.12 bits per heavy atom. The topological polar surface area (TPSA) is 36.5 Å². The molecular formula is C21H29N3O. The van der Waals surface area contributed by atoms with Crippen molar-refractivity contribution < 1.29 is 4.74 Å². The molecule has 1 aromatic carbocycles. The van der Waals surface area contributed by atoms with Gasteiger partial charge in [0.1, 0.15) is 11.9 Å². The van der Waals surface area contributed by atoms with E-state index < -0.39 is 0 Å². The average Bonchev–Trinajstić information content (AvgIpc) is 3.47. The first-order valence-electron chi connectivity index (χ1n) is 9.64. The molecule has 0 bridgehead atoms. The summed E-state index contributed by atoms with van der Waals surface area (Å²) in [6.07, 6.45) is 13.0. The molecule has 1 aliphatic carbocycles. The van der Waals surface area contributed by atoms with Crippen molar-refractivity contribution in [2.75, 3.05) is 20.1 Å². The van der Waals surface area contributed by atoms with Crippen LogP contribution in [0.1, 0.15) is 37.7 Å². The lowest BCUT2D eigenvalue weighted by Gasteiger charge is -2.31. The molecule has 2 fully saturated rings. The number of hydrogen-bond acceptors (Lipinski definition) is 4. The Balaban J connectivity index is 1.42. The maximum atomic E-state index is 6.48. The largest absolute Gasteiger partial charge is 0.490 e. The molecule has 3 aliphatic rings. The van der Waals surface area contributed by atoms with E-state index in [2.05, 4.69) is 47.2 Å². The van der Waals surface area contributed by atoms with Gasteiger partial charge in [-0.2, -0.15) is 0 Å². The molecule has 2 N–H and O–H groups in total. The molecule has 1 atom stereocenters. The van der Waals surface area contributed by atoms with E-state index in [4.69, 9.17) is 4.74 Å². The predicted octanol–water partition coefficient (Wildman–Crippen LogP) is 3.54. The van der Waals surface area contributed by atoms with Crippen molar-refractivity contribution >= 4 is 5.70 Å². The van der Waals surface area contributed by atoms with E-state index in [1.165, 1.54) is 37.7 Å². The fraction of sp³-hybridized carbons (Fsp3) is 0.524. The molecule has 0 amide bonds. The fourth-order valence-corrected chi connectivity index (χ4v) is 3.82. The van der Waals surface area contributed by atoms with Gasteiger partial charge in [-0.25, -0.2) is 0 Å². The van der Waals surface area contributed by atoms with Crippen molar-refractivity contribution in [3.05, 3.63) is 48.2 Å². The number of hydrogen-bond donors (Lipinski definition) is 2. The van der Waals surface area contributed by atoms with E-state index in [9.17, 15) is 0 Å². The number of piperidine rings is 1. The molecule has 1 aromatic rings. The number of hydrazine groups is 1. The molecule has 1 saturated heterocycles. The molecule has 4 nitrogen and oxygen atoms in total. The number of benzene rings is 1. The van der Waals surface area contributed by atoms with Gasteiger partial charge in [-0.1, -0.05) is 12.8 Å². The smallest absolute Gasteiger partial charge is 0.119 e. The van der Waals surface area contributed by atoms with Crippen molar-refractivity contribution in [1.29, 1.82) is 0 Å². The summed E-state index contributed by atoms with van der Waals surface area (Å²) in [4.78, 5) is 0. The summed E-state index contributed by atoms with van der Waals surface area (Å²) in [6.45, 7) is 2.27. The van der Waals surface area contributed by atoms with Crippen LogP contribution in [0, 0.1) is 11.8 Å². The van der Waals surface area contributed by atoms with Crippen LogP contribution >= 0.6 is 0 Å². The molecule has 134 valence electrons. The average molecular weight is 339 g/mol. The Hall–Kier alpha value is -1.94. The SMILES string of the molecule is CN1C=CC=C(c2ccc(OC(CC3CC3)C3CCNCC3)cc2)N1. The second-order valence-electron chi connectivity index (χ2n) is 7.59. The number of rotatable bonds is 6. The maximum absolute atomic E-state index is 6.48. The Labute approximate surface area is 150 Å². The second-order valence-corrected chi connectivity index (χ2v) is 7.59. The standard InChI is InChI=1S/C21H29N3O/c1-24-14-2-3-20(23-24)17-6-8-19(9-7-17)25-21(15-16-4-5-16)18-10-12-22-13-11-18/h2-3,6-9,14,16,18,21-23H,4-5,10-13,15H2,1H3. The maximum Gasteiger partial charge on any atom is 0.119 e. The van der Waals surface area contributed by atoms with E-state index in [0.29, 0.717) is 12.0 Å². The first kappa shape index (κ1) is 16.5. The molecule has 0 aromatic heterocycles. The third kappa shape index (κ3) is 4.37. The summed E-state index contributed by atoms with van der Waals surface area (Å²) < 4.78 is 6.48. The molecule has 1 unspecified atom stereocenters. The Kier molecular flexibility index (Phi) is 4.97. The van der Waals surface area contributed by atoms with Gasteiger partial charge in [0, 0.05) is 13.2 Å². The van der Waals surface area contributed by atoms with Crippen molar-refractivity contribution in [3.8, 4) is 5.75 Å². The van der Waals surface area contributed by atoms with Gasteiger partial charge in [0.2, 0.25) is 0 Å². The van der Waals surface area contributed by atoms with Crippen molar-refractivity contribution in [2.24, 2.45) is 11.8 Å². The van der Waals surface area contributed by atoms with Crippen LogP contribution in [-0.2, 0) is 0 Å². The van der Waals surface area contributed by atoms with Gasteiger partial charge in [0.25, 0.3) is 0 Å². The van der Waals surface area contributed by atoms with Gasteiger partial charge >= 0.3 is 0 Å². The monoisotopic (exact) mass is 339 g/mol. The number of nitrogens with zero attached hydrogens (tertiary/aromatic N) is 1. The zero-order valence-corrected chi connectivity index (χ0v) is 15.1. The summed E-state index contributed by atoms with van der Waals surface area (Å²) in [7, 11) is 2.00. The molecule has 4 heteroatoms. The van der Waals surface area contributed by atoms with Gasteiger partial charge < -0.3 is 10.1 Å². The molecule has 2 aliphatic heterocycles. The molecule has 2 heterocycles. The highest BCUT2D eigenvalue weighted by Crippen LogP contribution is 2.37. The molecule has 1 saturated carbocycles. The van der Waals surface area contributed by atoms with Crippen LogP contribution in [0.5, 0.6) is 5.75 Å². The predicted molar refractivity (Wildman–Crippen MR) is 102 cm³/mol. The minimum atomic E-state index is 0.376. The second kappa shape index (κ2) is 7.52. The highest BCUT2D eigenvalue weighted by molar-refractivity contribution is 5.66. The van der Waals surface area contributed by atoms with Gasteiger partial charge in [0.05, 0.1) is 5.70 Å². The first-order chi connectivity index (χ1) is 12.3. The third-order valence-corrected chi connectivity index (χ3v) is 5.49. The van der Waals surface area contributed by atoms with E-state index in [0.717, 1.165) is 30.5 Å². The van der Waals surface area contributed by atoms with Crippen molar-refractivity contribution in [3.63, 3.8) is 0 Å². The molecular weight excluding hydrogens is 310 g/mol. The number of allylic oxidation sites excluding steroid dienone is 2. The minimum absolute atomic E-state index is 0.376. The van der Waals surface area contributed by atoms with Crippen LogP contribution in [0.25, 0.3) is 5.70 Å². The highest BCUT2D eigenvalue weighted by Gasteiger charge is 2.32. The normalized spacial score (nSPS) is 22.3. The van der Waals surface area contributed by atoms with Crippen LogP contribution in [0.2, 0.25) is 0 Å². The minimum Gasteiger partial charge on any atom is -0.490 e. The van der Waals surface area contributed by atoms with Crippen molar-refractivity contribution in [1.82, 2.24) is 15.8 Å². The Morgan fingerprint density at radius 3 is 2.56 bits per heavy atom. The summed E-state index contributed by atoms with van der Waals surface area (Å²) in [5.74, 6) is 2.61. The van der Waals surface area contributed by atoms with E-state index >= 15 is 0 Å². The summed E-state index contributed by atoms with van der Waals surface area (Å²) in [5, 5.41) is 5.43. The summed E-state index contributed by atoms with van der Waals surface area (Å²) >= 11 is 0. The summed E-state index contributed by atoms with van der Waals surface area (Å²) in [6, 6.07) is 8.55. The Bertz CT molecular complexity index is 627. The van der Waals surface area contributed by atoms with Crippen LogP contribution in [0.4, 0.5) is 0 Å². The number of nitrogens with one attached hydrogen (secondary N) is 2. The van der Waals surface area contributed by atoms with Crippen LogP contribution < -0.4 is 15.5 Å². The van der Waals surface area contributed by atoms with Gasteiger partial charge in [-0.3, -0.25) is 10.4 Å². The lowest BCUT2D eigenvalue weighted by atomic mass is 9.89. The zero-order chi connectivity index (χ0) is 17.1. The summed E-state index contributed by atoms with van der Waals surface area (Å²) in [5.41, 5.74) is 5.64. The lowest BCUT2D eigenvalue weighted by molar-refractivity contribution is 0.0985. The molecule has 25 heavy (non-hydrogen) atoms. The van der Waals surface area contributed by atoms with Crippen LogP contribution in [-0.4, -0.2) is 31.3 Å². The lowest BCUT2D eigenvalue weighted by Crippen LogP contribution is -2.37. The van der Waals surface area contributed by atoms with E-state index in [1.807, 2.05) is 18.3 Å². The molecule has 0 spiro atoms. The zero-order valence-electron chi connectivity index (χ0n) is 15.1. The molecule has 0 radical (unpaired) electrons. The van der Waals surface area contributed by atoms with Crippen LogP contribution in [0.3, 0.4) is 0 Å². The first-order valence-corrected chi connectivity index (χ1v) is 9.64. The van der Waals surface area contributed by atoms with Crippen molar-refractivity contribution in [2.45, 2.75) is 38.2 Å².